The Morgan fingerprint density at radius 1 is 0.590 bits per heavy atom. The zero-order valence-corrected chi connectivity index (χ0v) is 45.7. The number of aryl methyl sites for hydroxylation is 4. The number of ether oxygens (including phenoxy) is 4. The van der Waals surface area contributed by atoms with Crippen LogP contribution in [0.4, 0.5) is 21.0 Å². The lowest BCUT2D eigenvalue weighted by Gasteiger charge is -2.13. The van der Waals surface area contributed by atoms with E-state index in [1.54, 1.807) is 24.3 Å². The van der Waals surface area contributed by atoms with Crippen molar-refractivity contribution in [2.75, 3.05) is 24.7 Å². The van der Waals surface area contributed by atoms with Crippen LogP contribution in [-0.2, 0) is 56.3 Å². The molecule has 0 radical (unpaired) electrons. The number of hydrogen-bond acceptors (Lipinski definition) is 12. The number of benzene rings is 6. The molecule has 3 amide bonds. The summed E-state index contributed by atoms with van der Waals surface area (Å²) in [7, 11) is -14.5. The molecular formula is C62H68N6O13S2. The van der Waals surface area contributed by atoms with Gasteiger partial charge in [-0.3, -0.25) is 15.4 Å². The lowest BCUT2D eigenvalue weighted by atomic mass is 10.0. The van der Waals surface area contributed by atoms with Crippen LogP contribution in [0.25, 0.3) is 21.8 Å². The number of carboxylic acids is 1. The first-order valence-electron chi connectivity index (χ1n) is 34.6. The van der Waals surface area contributed by atoms with Crippen LogP contribution >= 0.6 is 0 Å². The molecule has 0 atom stereocenters. The molecule has 0 unspecified atom stereocenters. The zero-order chi connectivity index (χ0) is 74.6. The fourth-order valence-corrected chi connectivity index (χ4v) is 11.3. The highest BCUT2D eigenvalue weighted by Crippen LogP contribution is 2.33. The molecule has 83 heavy (non-hydrogen) atoms. The normalized spacial score (nSPS) is 17.7. The molecule has 0 aliphatic heterocycles. The fourth-order valence-electron chi connectivity index (χ4n) is 9.57. The Morgan fingerprint density at radius 3 is 1.49 bits per heavy atom. The van der Waals surface area contributed by atoms with Crippen LogP contribution in [0.15, 0.2) is 144 Å². The van der Waals surface area contributed by atoms with E-state index >= 15 is 0 Å². The first kappa shape index (κ1) is 40.5. The van der Waals surface area contributed by atoms with E-state index in [1.807, 2.05) is 4.72 Å². The van der Waals surface area contributed by atoms with Crippen molar-refractivity contribution < 1.29 is 84.7 Å². The first-order valence-corrected chi connectivity index (χ1v) is 28.7. The number of nitrogens with two attached hydrogens (primary N) is 1. The SMILES string of the molecule is [2H]C([2H])([2H])Oc1cc(C(=O)NS(=O)(=O)c2ccccc2C([2H])([2H])[2H])ccc1Cc1cn(C([2H])([2H])[2H])c2ccc(NC(=O)OC3CCCC3)cc12.[2H]C([2H])([2H])Oc1cc(C(=O)O)ccc1Cc1cn(C([2H])([2H])[2H])c2ccc(NC(=O)OC3CCCC3)cc12.[2H]C([2H])([2H])c1ccccc1S(N)(=O)=O. The maximum Gasteiger partial charge on any atom is 0.411 e. The van der Waals surface area contributed by atoms with Crippen molar-refractivity contribution in [3.05, 3.63) is 178 Å². The number of anilines is 2. The second-order valence-corrected chi connectivity index (χ2v) is 22.5. The summed E-state index contributed by atoms with van der Waals surface area (Å²) >= 11 is 0. The third kappa shape index (κ3) is 15.3. The lowest BCUT2D eigenvalue weighted by Crippen LogP contribution is -2.31. The highest BCUT2D eigenvalue weighted by Gasteiger charge is 2.24. The van der Waals surface area contributed by atoms with Gasteiger partial charge in [0, 0.05) is 94.4 Å². The van der Waals surface area contributed by atoms with E-state index in [1.165, 1.54) is 85.2 Å². The average molecular weight is 1190 g/mol. The highest BCUT2D eigenvalue weighted by molar-refractivity contribution is 7.90. The van der Waals surface area contributed by atoms with Gasteiger partial charge in [0.25, 0.3) is 15.9 Å². The number of aromatic nitrogens is 2. The molecule has 8 aromatic rings. The number of rotatable bonds is 15. The van der Waals surface area contributed by atoms with Crippen LogP contribution < -0.4 is 30.0 Å². The quantitative estimate of drug-likeness (QED) is 0.0640. The molecule has 2 heterocycles. The summed E-state index contributed by atoms with van der Waals surface area (Å²) in [6.07, 6.45) is 8.32. The van der Waals surface area contributed by atoms with Crippen molar-refractivity contribution in [2.45, 2.75) is 99.9 Å². The van der Waals surface area contributed by atoms with Gasteiger partial charge in [0.2, 0.25) is 10.0 Å². The smallest absolute Gasteiger partial charge is 0.411 e. The monoisotopic (exact) mass is 1190 g/mol. The van der Waals surface area contributed by atoms with E-state index in [4.69, 9.17) is 48.8 Å². The molecule has 2 aromatic heterocycles. The standard InChI is InChI=1S/C31H33N3O6S.C24H26N2O5.C7H9NO2S/c1-20-8-4-7-11-29(20)41(37,38)33-30(35)22-13-12-21(28(17-22)39-3)16-23-19-34(2)27-15-14-24(18-26(23)27)32-31(36)40-25-9-5-6-10-25;1-26-14-17(11-15-7-8-16(23(27)28)12-22(15)30-2)20-13-18(9-10-21(20)26)25-24(29)31-19-5-3-4-6-19;1-6-4-2-3-5-7(6)11(8,9)10/h4,7-8,11-15,17-19,25H,5-6,9-10,16H2,1-3H3,(H,32,36)(H,33,35);7-10,12-14,19H,3-6,11H2,1-2H3,(H,25,29)(H,27,28);2-5H,1H3,(H2,8,9,10)/i1D3,2D3,3D3;1D3,2D3;1D3. The topological polar surface area (TPSA) is 266 Å². The van der Waals surface area contributed by atoms with Gasteiger partial charge >= 0.3 is 18.2 Å². The van der Waals surface area contributed by atoms with Gasteiger partial charge in [0.1, 0.15) is 23.7 Å². The summed E-state index contributed by atoms with van der Waals surface area (Å²) in [4.78, 5) is 48.5. The first-order chi connectivity index (χ1) is 46.7. The molecule has 0 bridgehead atoms. The molecule has 6 N–H and O–H groups in total. The van der Waals surface area contributed by atoms with Gasteiger partial charge in [-0.1, -0.05) is 48.5 Å². The van der Waals surface area contributed by atoms with E-state index < -0.39 is 96.3 Å². The van der Waals surface area contributed by atoms with Gasteiger partial charge < -0.3 is 33.2 Å². The van der Waals surface area contributed by atoms with Crippen molar-refractivity contribution >= 4 is 77.3 Å². The van der Waals surface area contributed by atoms with Crippen LogP contribution in [-0.4, -0.2) is 81.4 Å². The number of sulfonamides is 2. The molecule has 436 valence electrons. The lowest BCUT2D eigenvalue weighted by molar-refractivity contribution is 0.0695. The van der Waals surface area contributed by atoms with Crippen LogP contribution in [0.3, 0.4) is 0 Å². The summed E-state index contributed by atoms with van der Waals surface area (Å²) < 4.78 is 211. The maximum atomic E-state index is 13.2. The third-order valence-electron chi connectivity index (χ3n) is 13.6. The number of carboxylic acid groups (broad SMARTS) is 1. The number of aromatic carboxylic acids is 1. The number of hydrogen-bond donors (Lipinski definition) is 5. The molecule has 0 spiro atoms. The Kier molecular flexibility index (Phi) is 12.9. The summed E-state index contributed by atoms with van der Waals surface area (Å²) in [6, 6.07) is 26.9. The third-order valence-corrected chi connectivity index (χ3v) is 16.0. The molecule has 19 nitrogen and oxygen atoms in total. The number of amides is 3. The van der Waals surface area contributed by atoms with Gasteiger partial charge in [-0.25, -0.2) is 41.1 Å². The van der Waals surface area contributed by atoms with E-state index in [0.717, 1.165) is 84.8 Å². The summed E-state index contributed by atoms with van der Waals surface area (Å²) in [6.45, 7) is -10.4. The van der Waals surface area contributed by atoms with Crippen molar-refractivity contribution in [3.8, 4) is 11.5 Å². The minimum absolute atomic E-state index is 0.0425. The Bertz CT molecular complexity index is 4630. The second kappa shape index (κ2) is 26.5. The number of carbonyl (C=O) groups is 4. The number of nitrogens with zero attached hydrogens (tertiary/aromatic N) is 2. The van der Waals surface area contributed by atoms with E-state index in [0.29, 0.717) is 49.9 Å². The van der Waals surface area contributed by atoms with Gasteiger partial charge in [0.05, 0.1) is 37.7 Å². The number of methoxy groups -OCH3 is 2. The Labute approximate surface area is 508 Å². The molecular weight excluding hydrogens is 1100 g/mol. The molecule has 2 fully saturated rings. The van der Waals surface area contributed by atoms with Crippen molar-refractivity contribution in [3.63, 3.8) is 0 Å². The molecule has 10 rings (SSSR count). The van der Waals surface area contributed by atoms with Gasteiger partial charge in [-0.2, -0.15) is 0 Å². The fraction of sp³-hybridized carbons (Fsp3) is 0.290. The zero-order valence-electron chi connectivity index (χ0n) is 62.1. The van der Waals surface area contributed by atoms with Crippen LogP contribution in [0.2, 0.25) is 0 Å². The minimum Gasteiger partial charge on any atom is -0.496 e. The predicted molar refractivity (Wildman–Crippen MR) is 317 cm³/mol. The molecule has 0 saturated heterocycles. The summed E-state index contributed by atoms with van der Waals surface area (Å²) in [5.41, 5.74) is 1.67. The van der Waals surface area contributed by atoms with Crippen molar-refractivity contribution in [2.24, 2.45) is 19.1 Å². The van der Waals surface area contributed by atoms with Crippen molar-refractivity contribution in [1.82, 2.24) is 13.9 Å². The number of nitrogens with one attached hydrogen (secondary N) is 3. The Balaban J connectivity index is 0.000000221. The van der Waals surface area contributed by atoms with Crippen LogP contribution in [0.5, 0.6) is 11.5 Å². The van der Waals surface area contributed by atoms with Crippen LogP contribution in [0, 0.1) is 13.7 Å². The highest BCUT2D eigenvalue weighted by atomic mass is 32.2. The van der Waals surface area contributed by atoms with E-state index in [2.05, 4.69) is 10.6 Å². The average Bonchev–Trinajstić information content (AvgIpc) is 1.68. The molecule has 21 heteroatoms. The van der Waals surface area contributed by atoms with E-state index in [-0.39, 0.29) is 63.7 Å². The van der Waals surface area contributed by atoms with Crippen molar-refractivity contribution in [1.29, 1.82) is 0 Å². The second-order valence-electron chi connectivity index (χ2n) is 19.4. The minimum atomic E-state index is -4.69. The van der Waals surface area contributed by atoms with Crippen LogP contribution in [0.1, 0.15) is 130 Å². The number of fused-ring (bicyclic) bond motifs is 2. The maximum absolute atomic E-state index is 13.2. The molecule has 6 aromatic carbocycles. The predicted octanol–water partition coefficient (Wildman–Crippen LogP) is 11.3. The Hall–Kier alpha value is -8.66. The van der Waals surface area contributed by atoms with Gasteiger partial charge in [-0.05, 0) is 171 Å². The van der Waals surface area contributed by atoms with E-state index in [9.17, 15) is 41.1 Å². The largest absolute Gasteiger partial charge is 0.496 e. The van der Waals surface area contributed by atoms with Gasteiger partial charge in [0.15, 0.2) is 0 Å². The summed E-state index contributed by atoms with van der Waals surface area (Å²) in [5, 5.41) is 20.5. The number of carbonyl (C=O) groups excluding carboxylic acids is 3. The van der Waals surface area contributed by atoms with Gasteiger partial charge in [-0.15, -0.1) is 0 Å². The number of primary sulfonamides is 1. The summed E-state index contributed by atoms with van der Waals surface area (Å²) in [5.74, 6) is -2.90. The molecule has 2 aliphatic rings. The Morgan fingerprint density at radius 2 is 1.05 bits per heavy atom. The molecule has 2 aliphatic carbocycles. The molecule has 2 saturated carbocycles.